The zero-order valence-electron chi connectivity index (χ0n) is 15.8. The summed E-state index contributed by atoms with van der Waals surface area (Å²) in [6.07, 6.45) is 2.55. The Labute approximate surface area is 177 Å². The average Bonchev–Trinajstić information content (AvgIpc) is 3.10. The van der Waals surface area contributed by atoms with Gasteiger partial charge in [-0.2, -0.15) is 0 Å². The molecule has 146 valence electrons. The average molecular weight is 483 g/mol. The maximum atomic E-state index is 13.9. The largest absolute Gasteiger partial charge is 0.357 e. The summed E-state index contributed by atoms with van der Waals surface area (Å²) in [5.74, 6) is 0.955. The van der Waals surface area contributed by atoms with Crippen LogP contribution in [0.2, 0.25) is 0 Å². The van der Waals surface area contributed by atoms with Crippen molar-refractivity contribution in [3.05, 3.63) is 59.5 Å². The fraction of sp³-hybridized carbons (Fsp3) is 0.400. The molecule has 1 unspecified atom stereocenters. The molecule has 1 aliphatic rings. The summed E-state index contributed by atoms with van der Waals surface area (Å²) in [6, 6.07) is 11.6. The first-order valence-electron chi connectivity index (χ1n) is 9.12. The highest BCUT2D eigenvalue weighted by Crippen LogP contribution is 2.20. The third-order valence-electron chi connectivity index (χ3n) is 4.58. The van der Waals surface area contributed by atoms with Gasteiger partial charge in [-0.25, -0.2) is 14.4 Å². The van der Waals surface area contributed by atoms with Gasteiger partial charge in [0.25, 0.3) is 0 Å². The summed E-state index contributed by atoms with van der Waals surface area (Å²) >= 11 is 0. The van der Waals surface area contributed by atoms with E-state index in [4.69, 9.17) is 4.99 Å². The zero-order valence-corrected chi connectivity index (χ0v) is 18.1. The van der Waals surface area contributed by atoms with Crippen LogP contribution in [0.25, 0.3) is 0 Å². The van der Waals surface area contributed by atoms with Crippen LogP contribution in [0.3, 0.4) is 0 Å². The van der Waals surface area contributed by atoms with E-state index in [1.165, 1.54) is 17.2 Å². The molecule has 0 saturated carbocycles. The maximum Gasteiger partial charge on any atom is 0.191 e. The lowest BCUT2D eigenvalue weighted by Gasteiger charge is -2.20. The molecule has 2 aromatic rings. The Morgan fingerprint density at radius 2 is 2.11 bits per heavy atom. The highest BCUT2D eigenvalue weighted by Gasteiger charge is 2.25. The number of benzene rings is 1. The molecule has 0 aliphatic carbocycles. The fourth-order valence-corrected chi connectivity index (χ4v) is 3.15. The molecule has 1 aliphatic heterocycles. The standard InChI is InChI=1S/C20H26FN5.HI/c1-3-22-20(24-13-16-8-5-4-7-15(16)2)25-17-10-12-26(14-17)19-18(21)9-6-11-23-19;/h4-9,11,17H,3,10,12-14H2,1-2H3,(H2,22,24,25);1H. The molecule has 1 aromatic heterocycles. The number of aliphatic imine (C=N–C) groups is 1. The van der Waals surface area contributed by atoms with Crippen LogP contribution in [-0.2, 0) is 6.54 Å². The van der Waals surface area contributed by atoms with Gasteiger partial charge in [-0.3, -0.25) is 0 Å². The predicted octanol–water partition coefficient (Wildman–Crippen LogP) is 3.48. The van der Waals surface area contributed by atoms with Crippen LogP contribution in [-0.4, -0.2) is 36.6 Å². The van der Waals surface area contributed by atoms with Crippen molar-refractivity contribution < 1.29 is 4.39 Å². The molecule has 0 radical (unpaired) electrons. The Morgan fingerprint density at radius 3 is 2.85 bits per heavy atom. The van der Waals surface area contributed by atoms with Crippen molar-refractivity contribution in [1.29, 1.82) is 0 Å². The summed E-state index contributed by atoms with van der Waals surface area (Å²) < 4.78 is 13.9. The number of halogens is 2. The molecule has 5 nitrogen and oxygen atoms in total. The number of aromatic nitrogens is 1. The Bertz CT molecular complexity index is 768. The molecule has 27 heavy (non-hydrogen) atoms. The van der Waals surface area contributed by atoms with Gasteiger partial charge in [-0.05, 0) is 43.5 Å². The van der Waals surface area contributed by atoms with E-state index in [0.717, 1.165) is 25.5 Å². The molecule has 2 heterocycles. The molecule has 0 spiro atoms. The number of pyridine rings is 1. The molecule has 2 N–H and O–H groups in total. The van der Waals surface area contributed by atoms with Crippen LogP contribution >= 0.6 is 24.0 Å². The summed E-state index contributed by atoms with van der Waals surface area (Å²) in [6.45, 7) is 7.07. The second kappa shape index (κ2) is 10.4. The Hall–Kier alpha value is -1.90. The van der Waals surface area contributed by atoms with Crippen LogP contribution in [0.15, 0.2) is 47.6 Å². The second-order valence-electron chi connectivity index (χ2n) is 6.51. The first kappa shape index (κ1) is 21.4. The fourth-order valence-electron chi connectivity index (χ4n) is 3.15. The van der Waals surface area contributed by atoms with Crippen molar-refractivity contribution in [2.24, 2.45) is 4.99 Å². The summed E-state index contributed by atoms with van der Waals surface area (Å²) in [7, 11) is 0. The lowest BCUT2D eigenvalue weighted by Crippen LogP contribution is -2.44. The topological polar surface area (TPSA) is 52.6 Å². The van der Waals surface area contributed by atoms with E-state index in [1.54, 1.807) is 12.3 Å². The van der Waals surface area contributed by atoms with Gasteiger partial charge < -0.3 is 15.5 Å². The second-order valence-corrected chi connectivity index (χ2v) is 6.51. The van der Waals surface area contributed by atoms with E-state index in [2.05, 4.69) is 41.6 Å². The van der Waals surface area contributed by atoms with Crippen LogP contribution in [0, 0.1) is 12.7 Å². The van der Waals surface area contributed by atoms with Gasteiger partial charge in [0, 0.05) is 31.9 Å². The monoisotopic (exact) mass is 483 g/mol. The molecule has 3 rings (SSSR count). The summed E-state index contributed by atoms with van der Waals surface area (Å²) in [5, 5.41) is 6.77. The van der Waals surface area contributed by atoms with E-state index in [0.29, 0.717) is 18.9 Å². The lowest BCUT2D eigenvalue weighted by molar-refractivity contribution is 0.612. The molecule has 7 heteroatoms. The van der Waals surface area contributed by atoms with Crippen molar-refractivity contribution in [2.75, 3.05) is 24.5 Å². The molecule has 0 bridgehead atoms. The molecular formula is C20H27FIN5. The van der Waals surface area contributed by atoms with Crippen molar-refractivity contribution in [3.8, 4) is 0 Å². The number of hydrogen-bond donors (Lipinski definition) is 2. The third kappa shape index (κ3) is 5.79. The number of guanidine groups is 1. The van der Waals surface area contributed by atoms with Gasteiger partial charge >= 0.3 is 0 Å². The quantitative estimate of drug-likeness (QED) is 0.389. The Morgan fingerprint density at radius 1 is 1.30 bits per heavy atom. The molecule has 1 fully saturated rings. The number of hydrogen-bond acceptors (Lipinski definition) is 3. The smallest absolute Gasteiger partial charge is 0.191 e. The lowest BCUT2D eigenvalue weighted by atomic mass is 10.1. The van der Waals surface area contributed by atoms with Crippen molar-refractivity contribution in [2.45, 2.75) is 32.9 Å². The van der Waals surface area contributed by atoms with Crippen LogP contribution in [0.4, 0.5) is 10.2 Å². The van der Waals surface area contributed by atoms with Gasteiger partial charge in [-0.15, -0.1) is 24.0 Å². The predicted molar refractivity (Wildman–Crippen MR) is 119 cm³/mol. The SMILES string of the molecule is CCNC(=NCc1ccccc1C)NC1CCN(c2ncccc2F)C1.I. The Balaban J connectivity index is 0.00000261. The highest BCUT2D eigenvalue weighted by molar-refractivity contribution is 14.0. The number of nitrogens with zero attached hydrogens (tertiary/aromatic N) is 3. The molecule has 1 saturated heterocycles. The normalized spacial score (nSPS) is 16.8. The minimum atomic E-state index is -0.270. The van der Waals surface area contributed by atoms with Crippen molar-refractivity contribution in [3.63, 3.8) is 0 Å². The number of aryl methyl sites for hydroxylation is 1. The van der Waals surface area contributed by atoms with E-state index in [9.17, 15) is 4.39 Å². The van der Waals surface area contributed by atoms with Gasteiger partial charge in [0.1, 0.15) is 0 Å². The van der Waals surface area contributed by atoms with Crippen LogP contribution in [0.1, 0.15) is 24.5 Å². The molecule has 1 aromatic carbocycles. The maximum absolute atomic E-state index is 13.9. The van der Waals surface area contributed by atoms with Crippen LogP contribution < -0.4 is 15.5 Å². The van der Waals surface area contributed by atoms with Crippen molar-refractivity contribution >= 4 is 35.8 Å². The van der Waals surface area contributed by atoms with Gasteiger partial charge in [0.2, 0.25) is 0 Å². The summed E-state index contributed by atoms with van der Waals surface area (Å²) in [5.41, 5.74) is 2.46. The van der Waals surface area contributed by atoms with Gasteiger partial charge in [0.15, 0.2) is 17.6 Å². The highest BCUT2D eigenvalue weighted by atomic mass is 127. The molecule has 0 amide bonds. The first-order chi connectivity index (χ1) is 12.7. The number of rotatable bonds is 5. The number of nitrogens with one attached hydrogen (secondary N) is 2. The van der Waals surface area contributed by atoms with Crippen molar-refractivity contribution in [1.82, 2.24) is 15.6 Å². The minimum Gasteiger partial charge on any atom is -0.357 e. The minimum absolute atomic E-state index is 0. The molecular weight excluding hydrogens is 456 g/mol. The number of anilines is 1. The van der Waals surface area contributed by atoms with Crippen LogP contribution in [0.5, 0.6) is 0 Å². The van der Waals surface area contributed by atoms with E-state index in [-0.39, 0.29) is 35.8 Å². The van der Waals surface area contributed by atoms with E-state index in [1.807, 2.05) is 17.0 Å². The third-order valence-corrected chi connectivity index (χ3v) is 4.58. The Kier molecular flexibility index (Phi) is 8.27. The summed E-state index contributed by atoms with van der Waals surface area (Å²) in [4.78, 5) is 10.9. The first-order valence-corrected chi connectivity index (χ1v) is 9.12. The van der Waals surface area contributed by atoms with E-state index >= 15 is 0 Å². The van der Waals surface area contributed by atoms with Gasteiger partial charge in [-0.1, -0.05) is 24.3 Å². The van der Waals surface area contributed by atoms with Gasteiger partial charge in [0.05, 0.1) is 6.54 Å². The zero-order chi connectivity index (χ0) is 18.4. The molecule has 1 atom stereocenters. The van der Waals surface area contributed by atoms with E-state index < -0.39 is 0 Å².